The molecule has 0 amide bonds. The summed E-state index contributed by atoms with van der Waals surface area (Å²) in [5, 5.41) is 13.7. The molecule has 0 aromatic heterocycles. The predicted octanol–water partition coefficient (Wildman–Crippen LogP) is 2.28. The van der Waals surface area contributed by atoms with E-state index in [1.54, 1.807) is 6.92 Å². The Balaban J connectivity index is 2.77. The number of non-ortho nitro benzene ring substituents is 1. The number of ether oxygens (including phenoxy) is 2. The van der Waals surface area contributed by atoms with E-state index in [1.807, 2.05) is 6.92 Å². The van der Waals surface area contributed by atoms with E-state index in [-0.39, 0.29) is 18.9 Å². The minimum Gasteiger partial charge on any atom is -0.490 e. The number of esters is 1. The zero-order chi connectivity index (χ0) is 15.8. The van der Waals surface area contributed by atoms with Crippen LogP contribution in [0.2, 0.25) is 0 Å². The molecule has 8 heteroatoms. The van der Waals surface area contributed by atoms with Crippen LogP contribution in [0.5, 0.6) is 5.75 Å². The topological polar surface area (TPSA) is 90.7 Å². The first-order valence-electron chi connectivity index (χ1n) is 6.46. The highest BCUT2D eigenvalue weighted by atomic mass is 79.9. The van der Waals surface area contributed by atoms with Crippen LogP contribution in [-0.2, 0) is 9.53 Å². The van der Waals surface area contributed by atoms with Crippen LogP contribution in [0.25, 0.3) is 0 Å². The number of hydrogen-bond acceptors (Lipinski definition) is 6. The molecule has 1 aromatic carbocycles. The van der Waals surface area contributed by atoms with Crippen LogP contribution in [0, 0.1) is 10.1 Å². The number of benzene rings is 1. The van der Waals surface area contributed by atoms with Gasteiger partial charge >= 0.3 is 5.97 Å². The van der Waals surface area contributed by atoms with E-state index in [4.69, 9.17) is 9.47 Å². The van der Waals surface area contributed by atoms with Gasteiger partial charge in [-0.1, -0.05) is 6.92 Å². The number of halogens is 1. The number of rotatable bonds is 8. The Bertz CT molecular complexity index is 509. The Morgan fingerprint density at radius 3 is 2.76 bits per heavy atom. The van der Waals surface area contributed by atoms with E-state index in [0.717, 1.165) is 0 Å². The summed E-state index contributed by atoms with van der Waals surface area (Å²) in [6, 6.07) is 3.57. The smallest absolute Gasteiger partial charge is 0.326 e. The van der Waals surface area contributed by atoms with Crippen LogP contribution >= 0.6 is 15.9 Å². The minimum atomic E-state index is -0.624. The van der Waals surface area contributed by atoms with Crippen molar-refractivity contribution in [2.45, 2.75) is 19.9 Å². The van der Waals surface area contributed by atoms with Crippen molar-refractivity contribution in [1.29, 1.82) is 0 Å². The second-order valence-corrected chi connectivity index (χ2v) is 4.90. The van der Waals surface area contributed by atoms with E-state index < -0.39 is 16.9 Å². The average molecular weight is 361 g/mol. The van der Waals surface area contributed by atoms with E-state index in [1.165, 1.54) is 18.2 Å². The number of carbonyl (C=O) groups excluding carboxylic acids is 1. The molecule has 1 rings (SSSR count). The van der Waals surface area contributed by atoms with Gasteiger partial charge in [-0.15, -0.1) is 0 Å². The van der Waals surface area contributed by atoms with E-state index in [0.29, 0.717) is 16.8 Å². The molecule has 1 aromatic rings. The Labute approximate surface area is 130 Å². The third-order valence-corrected chi connectivity index (χ3v) is 3.21. The molecule has 0 heterocycles. The SMILES string of the molecule is CCNC(COc1cc([N+](=O)[O-])ccc1Br)C(=O)OCC. The number of nitrogens with one attached hydrogen (secondary N) is 1. The number of hydrogen-bond donors (Lipinski definition) is 1. The van der Waals surface area contributed by atoms with Gasteiger partial charge in [-0.2, -0.15) is 0 Å². The highest BCUT2D eigenvalue weighted by molar-refractivity contribution is 9.10. The van der Waals surface area contributed by atoms with Crippen molar-refractivity contribution in [3.05, 3.63) is 32.8 Å². The van der Waals surface area contributed by atoms with Crippen LogP contribution in [0.3, 0.4) is 0 Å². The average Bonchev–Trinajstić information content (AvgIpc) is 2.44. The second-order valence-electron chi connectivity index (χ2n) is 4.05. The first-order valence-corrected chi connectivity index (χ1v) is 7.25. The summed E-state index contributed by atoms with van der Waals surface area (Å²) in [6.07, 6.45) is 0. The highest BCUT2D eigenvalue weighted by Gasteiger charge is 2.20. The molecule has 0 saturated heterocycles. The maximum atomic E-state index is 11.7. The van der Waals surface area contributed by atoms with Crippen molar-refractivity contribution >= 4 is 27.6 Å². The van der Waals surface area contributed by atoms with Gasteiger partial charge in [-0.3, -0.25) is 14.9 Å². The third kappa shape index (κ3) is 5.31. The first kappa shape index (κ1) is 17.4. The molecule has 0 spiro atoms. The minimum absolute atomic E-state index is 0.0203. The van der Waals surface area contributed by atoms with Crippen LogP contribution in [0.1, 0.15) is 13.8 Å². The van der Waals surface area contributed by atoms with Crippen molar-refractivity contribution in [3.8, 4) is 5.75 Å². The fraction of sp³-hybridized carbons (Fsp3) is 0.462. The molecular formula is C13H17BrN2O5. The fourth-order valence-electron chi connectivity index (χ4n) is 1.59. The normalized spacial score (nSPS) is 11.8. The fourth-order valence-corrected chi connectivity index (χ4v) is 1.95. The Morgan fingerprint density at radius 2 is 2.19 bits per heavy atom. The monoisotopic (exact) mass is 360 g/mol. The van der Waals surface area contributed by atoms with E-state index in [2.05, 4.69) is 21.2 Å². The predicted molar refractivity (Wildman–Crippen MR) is 80.4 cm³/mol. The molecular weight excluding hydrogens is 344 g/mol. The lowest BCUT2D eigenvalue weighted by molar-refractivity contribution is -0.385. The first-order chi connectivity index (χ1) is 9.99. The van der Waals surface area contributed by atoms with Gasteiger partial charge in [0.25, 0.3) is 5.69 Å². The van der Waals surface area contributed by atoms with Crippen molar-refractivity contribution in [2.75, 3.05) is 19.8 Å². The van der Waals surface area contributed by atoms with Gasteiger partial charge in [0.1, 0.15) is 18.4 Å². The summed E-state index contributed by atoms with van der Waals surface area (Å²) < 4.78 is 11.0. The Morgan fingerprint density at radius 1 is 1.48 bits per heavy atom. The van der Waals surface area contributed by atoms with E-state index in [9.17, 15) is 14.9 Å². The molecule has 0 aliphatic heterocycles. The molecule has 0 saturated carbocycles. The zero-order valence-electron chi connectivity index (χ0n) is 11.8. The zero-order valence-corrected chi connectivity index (χ0v) is 13.4. The summed E-state index contributed by atoms with van der Waals surface area (Å²) >= 11 is 3.25. The van der Waals surface area contributed by atoms with Crippen molar-refractivity contribution < 1.29 is 19.2 Å². The van der Waals surface area contributed by atoms with Crippen LogP contribution in [0.4, 0.5) is 5.69 Å². The molecule has 1 N–H and O–H groups in total. The molecule has 0 aliphatic rings. The number of nitrogens with zero attached hydrogens (tertiary/aromatic N) is 1. The van der Waals surface area contributed by atoms with Crippen molar-refractivity contribution in [3.63, 3.8) is 0 Å². The summed E-state index contributed by atoms with van der Waals surface area (Å²) in [5.41, 5.74) is -0.0793. The van der Waals surface area contributed by atoms with Gasteiger partial charge in [0.05, 0.1) is 22.1 Å². The lowest BCUT2D eigenvalue weighted by atomic mass is 10.3. The molecule has 1 unspecified atom stereocenters. The number of nitro groups is 1. The summed E-state index contributed by atoms with van der Waals surface area (Å²) in [5.74, 6) is -0.114. The number of nitro benzene ring substituents is 1. The summed E-state index contributed by atoms with van der Waals surface area (Å²) in [7, 11) is 0. The maximum absolute atomic E-state index is 11.7. The molecule has 1 atom stereocenters. The Kier molecular flexibility index (Phi) is 7.10. The van der Waals surface area contributed by atoms with Gasteiger partial charge in [0, 0.05) is 6.07 Å². The van der Waals surface area contributed by atoms with Gasteiger partial charge in [0.2, 0.25) is 0 Å². The van der Waals surface area contributed by atoms with Gasteiger partial charge in [-0.05, 0) is 35.5 Å². The maximum Gasteiger partial charge on any atom is 0.326 e. The van der Waals surface area contributed by atoms with Crippen molar-refractivity contribution in [2.24, 2.45) is 0 Å². The van der Waals surface area contributed by atoms with E-state index >= 15 is 0 Å². The lowest BCUT2D eigenvalue weighted by Gasteiger charge is -2.17. The molecule has 116 valence electrons. The molecule has 21 heavy (non-hydrogen) atoms. The van der Waals surface area contributed by atoms with Gasteiger partial charge < -0.3 is 14.8 Å². The second kappa shape index (κ2) is 8.58. The summed E-state index contributed by atoms with van der Waals surface area (Å²) in [6.45, 7) is 4.45. The molecule has 0 radical (unpaired) electrons. The molecule has 7 nitrogen and oxygen atoms in total. The molecule has 0 aliphatic carbocycles. The summed E-state index contributed by atoms with van der Waals surface area (Å²) in [4.78, 5) is 22.0. The van der Waals surface area contributed by atoms with Gasteiger partial charge in [0.15, 0.2) is 0 Å². The standard InChI is InChI=1S/C13H17BrN2O5/c1-3-15-11(13(17)20-4-2)8-21-12-7-9(16(18)19)5-6-10(12)14/h5-7,11,15H,3-4,8H2,1-2H3. The Hall–Kier alpha value is -1.67. The van der Waals surface area contributed by atoms with Crippen LogP contribution in [-0.4, -0.2) is 36.7 Å². The molecule has 0 bridgehead atoms. The third-order valence-electron chi connectivity index (χ3n) is 2.55. The molecule has 0 fully saturated rings. The lowest BCUT2D eigenvalue weighted by Crippen LogP contribution is -2.42. The number of carbonyl (C=O) groups is 1. The highest BCUT2D eigenvalue weighted by Crippen LogP contribution is 2.29. The van der Waals surface area contributed by atoms with Gasteiger partial charge in [-0.25, -0.2) is 0 Å². The quantitative estimate of drug-likeness (QED) is 0.434. The largest absolute Gasteiger partial charge is 0.490 e. The number of likely N-dealkylation sites (N-methyl/N-ethyl adjacent to an activating group) is 1. The van der Waals surface area contributed by atoms with Crippen LogP contribution in [0.15, 0.2) is 22.7 Å². The van der Waals surface area contributed by atoms with Crippen molar-refractivity contribution in [1.82, 2.24) is 5.32 Å². The van der Waals surface area contributed by atoms with Crippen LogP contribution < -0.4 is 10.1 Å².